The highest BCUT2D eigenvalue weighted by Gasteiger charge is 2.19. The molecule has 1 aliphatic rings. The number of para-hydroxylation sites is 2. The number of hydrogen-bond donors (Lipinski definition) is 1. The largest absolute Gasteiger partial charge is 0.352 e. The zero-order chi connectivity index (χ0) is 23.0. The maximum Gasteiger partial charge on any atom is 0.251 e. The zero-order valence-electron chi connectivity index (χ0n) is 19.6. The second-order valence-electron chi connectivity index (χ2n) is 8.98. The third kappa shape index (κ3) is 6.01. The average molecular weight is 447 g/mol. The van der Waals surface area contributed by atoms with Crippen LogP contribution in [0.2, 0.25) is 0 Å². The standard InChI is InChI=1S/C27H34N4O2/c1-21-13-15-22(16-14-21)27(33)28-17-7-2-4-12-25-29-23-10-5-6-11-24(23)31(25)20-26(32)30-18-8-3-9-19-30/h5-6,10-11,13-16H,2-4,7-9,12,17-20H2,1H3,(H,28,33). The Bertz CT molecular complexity index is 1080. The number of fused-ring (bicyclic) bond motifs is 1. The summed E-state index contributed by atoms with van der Waals surface area (Å²) in [5.41, 5.74) is 3.83. The van der Waals surface area contributed by atoms with E-state index in [9.17, 15) is 9.59 Å². The first-order chi connectivity index (χ1) is 16.1. The van der Waals surface area contributed by atoms with Crippen LogP contribution in [0.5, 0.6) is 0 Å². The lowest BCUT2D eigenvalue weighted by Crippen LogP contribution is -2.38. The molecule has 2 heterocycles. The van der Waals surface area contributed by atoms with E-state index >= 15 is 0 Å². The molecule has 1 saturated heterocycles. The van der Waals surface area contributed by atoms with E-state index in [0.717, 1.165) is 74.0 Å². The fraction of sp³-hybridized carbons (Fsp3) is 0.444. The van der Waals surface area contributed by atoms with Crippen molar-refractivity contribution in [2.24, 2.45) is 0 Å². The van der Waals surface area contributed by atoms with Gasteiger partial charge in [0.25, 0.3) is 5.91 Å². The molecule has 4 rings (SSSR count). The molecule has 0 radical (unpaired) electrons. The van der Waals surface area contributed by atoms with Crippen LogP contribution in [0.25, 0.3) is 11.0 Å². The molecule has 1 fully saturated rings. The van der Waals surface area contributed by atoms with E-state index in [1.807, 2.05) is 54.3 Å². The minimum Gasteiger partial charge on any atom is -0.352 e. The summed E-state index contributed by atoms with van der Waals surface area (Å²) >= 11 is 0. The number of imidazole rings is 1. The van der Waals surface area contributed by atoms with Gasteiger partial charge in [0.1, 0.15) is 12.4 Å². The van der Waals surface area contributed by atoms with Crippen molar-refractivity contribution in [3.63, 3.8) is 0 Å². The number of aryl methyl sites for hydroxylation is 2. The minimum atomic E-state index is -0.0204. The first-order valence-electron chi connectivity index (χ1n) is 12.2. The molecule has 1 aromatic heterocycles. The fourth-order valence-electron chi connectivity index (χ4n) is 4.47. The lowest BCUT2D eigenvalue weighted by atomic mass is 10.1. The first-order valence-corrected chi connectivity index (χ1v) is 12.2. The van der Waals surface area contributed by atoms with Crippen LogP contribution < -0.4 is 5.32 Å². The van der Waals surface area contributed by atoms with E-state index in [1.54, 1.807) is 0 Å². The van der Waals surface area contributed by atoms with Crippen LogP contribution in [0.4, 0.5) is 0 Å². The van der Waals surface area contributed by atoms with Crippen molar-refractivity contribution in [3.05, 3.63) is 65.5 Å². The highest BCUT2D eigenvalue weighted by Crippen LogP contribution is 2.19. The second-order valence-corrected chi connectivity index (χ2v) is 8.98. The number of likely N-dealkylation sites (tertiary alicyclic amines) is 1. The van der Waals surface area contributed by atoms with Crippen molar-refractivity contribution >= 4 is 22.8 Å². The van der Waals surface area contributed by atoms with Crippen molar-refractivity contribution in [2.75, 3.05) is 19.6 Å². The topological polar surface area (TPSA) is 67.2 Å². The van der Waals surface area contributed by atoms with Gasteiger partial charge in [-0.1, -0.05) is 36.2 Å². The summed E-state index contributed by atoms with van der Waals surface area (Å²) in [6.07, 6.45) is 7.14. The third-order valence-corrected chi connectivity index (χ3v) is 6.41. The van der Waals surface area contributed by atoms with Crippen LogP contribution >= 0.6 is 0 Å². The lowest BCUT2D eigenvalue weighted by Gasteiger charge is -2.27. The Hall–Kier alpha value is -3.15. The van der Waals surface area contributed by atoms with Crippen molar-refractivity contribution in [2.45, 2.75) is 58.4 Å². The maximum absolute atomic E-state index is 12.9. The molecule has 6 heteroatoms. The van der Waals surface area contributed by atoms with Crippen LogP contribution in [0, 0.1) is 6.92 Å². The molecule has 0 bridgehead atoms. The van der Waals surface area contributed by atoms with Gasteiger partial charge in [-0.15, -0.1) is 0 Å². The summed E-state index contributed by atoms with van der Waals surface area (Å²) < 4.78 is 2.10. The number of benzene rings is 2. The number of hydrogen-bond acceptors (Lipinski definition) is 3. The predicted octanol–water partition coefficient (Wildman–Crippen LogP) is 4.50. The molecule has 0 atom stereocenters. The molecule has 33 heavy (non-hydrogen) atoms. The van der Waals surface area contributed by atoms with Gasteiger partial charge < -0.3 is 14.8 Å². The molecule has 0 spiro atoms. The monoisotopic (exact) mass is 446 g/mol. The Morgan fingerprint density at radius 3 is 2.48 bits per heavy atom. The number of piperidine rings is 1. The Labute approximate surface area is 196 Å². The predicted molar refractivity (Wildman–Crippen MR) is 131 cm³/mol. The number of aromatic nitrogens is 2. The maximum atomic E-state index is 12.9. The summed E-state index contributed by atoms with van der Waals surface area (Å²) in [6, 6.07) is 15.7. The van der Waals surface area contributed by atoms with Crippen LogP contribution in [-0.2, 0) is 17.8 Å². The zero-order valence-corrected chi connectivity index (χ0v) is 19.6. The van der Waals surface area contributed by atoms with E-state index in [2.05, 4.69) is 16.0 Å². The number of carbonyl (C=O) groups excluding carboxylic acids is 2. The van der Waals surface area contributed by atoms with E-state index < -0.39 is 0 Å². The highest BCUT2D eigenvalue weighted by atomic mass is 16.2. The Morgan fingerprint density at radius 1 is 0.939 bits per heavy atom. The van der Waals surface area contributed by atoms with E-state index in [1.165, 1.54) is 6.42 Å². The van der Waals surface area contributed by atoms with Gasteiger partial charge in [-0.2, -0.15) is 0 Å². The van der Waals surface area contributed by atoms with Crippen molar-refractivity contribution in [1.82, 2.24) is 19.8 Å². The Balaban J connectivity index is 1.29. The number of unbranched alkanes of at least 4 members (excludes halogenated alkanes) is 2. The summed E-state index contributed by atoms with van der Waals surface area (Å²) in [4.78, 5) is 32.0. The molecule has 3 aromatic rings. The molecule has 1 aliphatic heterocycles. The quantitative estimate of drug-likeness (QED) is 0.492. The van der Waals surface area contributed by atoms with Gasteiger partial charge >= 0.3 is 0 Å². The van der Waals surface area contributed by atoms with Gasteiger partial charge in [-0.3, -0.25) is 9.59 Å². The van der Waals surface area contributed by atoms with Gasteiger partial charge in [0.2, 0.25) is 5.91 Å². The summed E-state index contributed by atoms with van der Waals surface area (Å²) in [5, 5.41) is 3.00. The molecule has 1 N–H and O–H groups in total. The number of nitrogens with one attached hydrogen (secondary N) is 1. The van der Waals surface area contributed by atoms with Gasteiger partial charge in [0, 0.05) is 31.6 Å². The van der Waals surface area contributed by atoms with Gasteiger partial charge in [0.05, 0.1) is 11.0 Å². The fourth-order valence-corrected chi connectivity index (χ4v) is 4.47. The molecule has 174 valence electrons. The van der Waals surface area contributed by atoms with Crippen molar-refractivity contribution in [3.8, 4) is 0 Å². The van der Waals surface area contributed by atoms with Crippen LogP contribution in [0.15, 0.2) is 48.5 Å². The van der Waals surface area contributed by atoms with E-state index in [0.29, 0.717) is 18.7 Å². The molecule has 2 aromatic carbocycles. The second kappa shape index (κ2) is 11.1. The van der Waals surface area contributed by atoms with Gasteiger partial charge in [-0.05, 0) is 63.3 Å². The Morgan fingerprint density at radius 2 is 1.70 bits per heavy atom. The van der Waals surface area contributed by atoms with Gasteiger partial charge in [-0.25, -0.2) is 4.98 Å². The molecular formula is C27H34N4O2. The van der Waals surface area contributed by atoms with Crippen molar-refractivity contribution < 1.29 is 9.59 Å². The molecule has 0 saturated carbocycles. The highest BCUT2D eigenvalue weighted by molar-refractivity contribution is 5.94. The number of rotatable bonds is 9. The normalized spacial score (nSPS) is 13.9. The lowest BCUT2D eigenvalue weighted by molar-refractivity contribution is -0.132. The van der Waals surface area contributed by atoms with Gasteiger partial charge in [0.15, 0.2) is 0 Å². The SMILES string of the molecule is Cc1ccc(C(=O)NCCCCCc2nc3ccccc3n2CC(=O)N2CCCCC2)cc1. The van der Waals surface area contributed by atoms with Crippen LogP contribution in [0.1, 0.15) is 60.3 Å². The number of carbonyl (C=O) groups is 2. The summed E-state index contributed by atoms with van der Waals surface area (Å²) in [6.45, 7) is 4.78. The number of amides is 2. The summed E-state index contributed by atoms with van der Waals surface area (Å²) in [7, 11) is 0. The Kier molecular flexibility index (Phi) is 7.76. The molecular weight excluding hydrogens is 412 g/mol. The smallest absolute Gasteiger partial charge is 0.251 e. The third-order valence-electron chi connectivity index (χ3n) is 6.41. The van der Waals surface area contributed by atoms with Crippen molar-refractivity contribution in [1.29, 1.82) is 0 Å². The molecule has 6 nitrogen and oxygen atoms in total. The van der Waals surface area contributed by atoms with E-state index in [-0.39, 0.29) is 11.8 Å². The van der Waals surface area contributed by atoms with Crippen LogP contribution in [-0.4, -0.2) is 45.9 Å². The molecule has 0 unspecified atom stereocenters. The van der Waals surface area contributed by atoms with E-state index in [4.69, 9.17) is 4.98 Å². The number of nitrogens with zero attached hydrogens (tertiary/aromatic N) is 3. The average Bonchev–Trinajstić information content (AvgIpc) is 3.19. The minimum absolute atomic E-state index is 0.0204. The van der Waals surface area contributed by atoms with Crippen LogP contribution in [0.3, 0.4) is 0 Å². The molecule has 2 amide bonds. The first kappa shape index (κ1) is 23.0. The molecule has 0 aliphatic carbocycles. The summed E-state index contributed by atoms with van der Waals surface area (Å²) in [5.74, 6) is 1.15.